The van der Waals surface area contributed by atoms with Crippen LogP contribution in [0.2, 0.25) is 5.02 Å². The Morgan fingerprint density at radius 1 is 1.24 bits per heavy atom. The Morgan fingerprint density at radius 3 is 2.68 bits per heavy atom. The maximum atomic E-state index is 12.5. The van der Waals surface area contributed by atoms with E-state index in [0.29, 0.717) is 33.0 Å². The summed E-state index contributed by atoms with van der Waals surface area (Å²) in [6.45, 7) is 6.25. The van der Waals surface area contributed by atoms with Gasteiger partial charge in [-0.25, -0.2) is 9.78 Å². The van der Waals surface area contributed by atoms with Gasteiger partial charge in [0.2, 0.25) is 0 Å². The van der Waals surface area contributed by atoms with Gasteiger partial charge >= 0.3 is 6.03 Å². The standard InChI is InChI=1S/C17H21ClN4O2S/c1-4-5-9-19-16(24)22-17-20-11(3)14(25-17)15(23)21-13-10(2)7-6-8-12(13)18/h6-8H,4-5,9H2,1-3H3,(H,21,23)(H2,19,20,22,24). The van der Waals surface area contributed by atoms with Gasteiger partial charge in [-0.1, -0.05) is 48.4 Å². The number of carbonyl (C=O) groups excluding carboxylic acids is 2. The molecule has 25 heavy (non-hydrogen) atoms. The number of hydrogen-bond acceptors (Lipinski definition) is 4. The smallest absolute Gasteiger partial charge is 0.321 e. The minimum atomic E-state index is -0.323. The molecule has 0 radical (unpaired) electrons. The Kier molecular flexibility index (Phi) is 6.78. The quantitative estimate of drug-likeness (QED) is 0.641. The van der Waals surface area contributed by atoms with Gasteiger partial charge in [-0.2, -0.15) is 0 Å². The molecule has 1 aromatic heterocycles. The van der Waals surface area contributed by atoms with Crippen molar-refractivity contribution in [1.82, 2.24) is 10.3 Å². The first-order chi connectivity index (χ1) is 11.9. The lowest BCUT2D eigenvalue weighted by Crippen LogP contribution is -2.29. The van der Waals surface area contributed by atoms with Crippen LogP contribution in [0.15, 0.2) is 18.2 Å². The van der Waals surface area contributed by atoms with Crippen LogP contribution >= 0.6 is 22.9 Å². The van der Waals surface area contributed by atoms with Crippen LogP contribution in [0.4, 0.5) is 15.6 Å². The summed E-state index contributed by atoms with van der Waals surface area (Å²) in [6, 6.07) is 5.09. The Hall–Kier alpha value is -2.12. The highest BCUT2D eigenvalue weighted by molar-refractivity contribution is 7.17. The maximum Gasteiger partial charge on any atom is 0.321 e. The average molecular weight is 381 g/mol. The number of carbonyl (C=O) groups is 2. The number of rotatable bonds is 6. The largest absolute Gasteiger partial charge is 0.338 e. The third-order valence-electron chi connectivity index (χ3n) is 3.50. The van der Waals surface area contributed by atoms with Crippen LogP contribution in [-0.2, 0) is 0 Å². The van der Waals surface area contributed by atoms with E-state index in [1.54, 1.807) is 13.0 Å². The number of aromatic nitrogens is 1. The molecule has 0 aliphatic carbocycles. The van der Waals surface area contributed by atoms with Crippen molar-refractivity contribution in [3.05, 3.63) is 39.4 Å². The number of hydrogen-bond donors (Lipinski definition) is 3. The molecular weight excluding hydrogens is 360 g/mol. The van der Waals surface area contributed by atoms with Gasteiger partial charge in [-0.05, 0) is 31.9 Å². The Morgan fingerprint density at radius 2 is 2.00 bits per heavy atom. The molecule has 0 unspecified atom stereocenters. The second kappa shape index (κ2) is 8.82. The van der Waals surface area contributed by atoms with Gasteiger partial charge < -0.3 is 10.6 Å². The summed E-state index contributed by atoms with van der Waals surface area (Å²) in [6.07, 6.45) is 1.91. The number of halogens is 1. The number of amides is 3. The molecule has 0 atom stereocenters. The summed E-state index contributed by atoms with van der Waals surface area (Å²) in [5.74, 6) is -0.300. The summed E-state index contributed by atoms with van der Waals surface area (Å²) < 4.78 is 0. The fourth-order valence-corrected chi connectivity index (χ4v) is 3.27. The van der Waals surface area contributed by atoms with Gasteiger partial charge in [-0.3, -0.25) is 10.1 Å². The number of aryl methyl sites for hydroxylation is 2. The van der Waals surface area contributed by atoms with E-state index in [0.717, 1.165) is 29.7 Å². The minimum absolute atomic E-state index is 0.300. The van der Waals surface area contributed by atoms with Crippen molar-refractivity contribution in [1.29, 1.82) is 0 Å². The molecule has 2 rings (SSSR count). The van der Waals surface area contributed by atoms with E-state index in [4.69, 9.17) is 11.6 Å². The average Bonchev–Trinajstić information content (AvgIpc) is 2.91. The Balaban J connectivity index is 2.06. The van der Waals surface area contributed by atoms with Gasteiger partial charge in [0.05, 0.1) is 16.4 Å². The molecule has 0 bridgehead atoms. The monoisotopic (exact) mass is 380 g/mol. The number of para-hydroxylation sites is 1. The molecule has 1 aromatic carbocycles. The maximum absolute atomic E-state index is 12.5. The van der Waals surface area contributed by atoms with Gasteiger partial charge in [0.1, 0.15) is 4.88 Å². The molecule has 3 N–H and O–H groups in total. The Bertz CT molecular complexity index is 756. The lowest BCUT2D eigenvalue weighted by Gasteiger charge is -2.09. The molecular formula is C17H21ClN4O2S. The number of nitrogens with one attached hydrogen (secondary N) is 3. The summed E-state index contributed by atoms with van der Waals surface area (Å²) >= 11 is 7.27. The lowest BCUT2D eigenvalue weighted by molar-refractivity contribution is 0.102. The van der Waals surface area contributed by atoms with Crippen LogP contribution in [0, 0.1) is 13.8 Å². The van der Waals surface area contributed by atoms with Crippen molar-refractivity contribution in [2.45, 2.75) is 33.6 Å². The van der Waals surface area contributed by atoms with E-state index in [9.17, 15) is 9.59 Å². The topological polar surface area (TPSA) is 83.1 Å². The van der Waals surface area contributed by atoms with Gasteiger partial charge in [0.15, 0.2) is 5.13 Å². The highest BCUT2D eigenvalue weighted by atomic mass is 35.5. The van der Waals surface area contributed by atoms with E-state index in [2.05, 4.69) is 27.9 Å². The van der Waals surface area contributed by atoms with Crippen molar-refractivity contribution in [3.63, 3.8) is 0 Å². The molecule has 0 spiro atoms. The summed E-state index contributed by atoms with van der Waals surface area (Å²) in [7, 11) is 0. The predicted octanol–water partition coefficient (Wildman–Crippen LogP) is 4.59. The molecule has 6 nitrogen and oxygen atoms in total. The zero-order chi connectivity index (χ0) is 18.4. The summed E-state index contributed by atoms with van der Waals surface area (Å²) in [5.41, 5.74) is 2.00. The minimum Gasteiger partial charge on any atom is -0.338 e. The van der Waals surface area contributed by atoms with E-state index in [1.165, 1.54) is 0 Å². The molecule has 2 aromatic rings. The predicted molar refractivity (Wildman–Crippen MR) is 103 cm³/mol. The van der Waals surface area contributed by atoms with Crippen molar-refractivity contribution < 1.29 is 9.59 Å². The number of anilines is 2. The van der Waals surface area contributed by atoms with Crippen molar-refractivity contribution in [2.24, 2.45) is 0 Å². The van der Waals surface area contributed by atoms with E-state index in [-0.39, 0.29) is 11.9 Å². The van der Waals surface area contributed by atoms with E-state index < -0.39 is 0 Å². The number of nitrogens with zero attached hydrogens (tertiary/aromatic N) is 1. The van der Waals surface area contributed by atoms with Crippen LogP contribution < -0.4 is 16.0 Å². The van der Waals surface area contributed by atoms with Crippen LogP contribution in [0.3, 0.4) is 0 Å². The molecule has 0 saturated carbocycles. The van der Waals surface area contributed by atoms with E-state index in [1.807, 2.05) is 19.1 Å². The van der Waals surface area contributed by atoms with Crippen molar-refractivity contribution in [2.75, 3.05) is 17.2 Å². The SMILES string of the molecule is CCCCNC(=O)Nc1nc(C)c(C(=O)Nc2c(C)cccc2Cl)s1. The molecule has 3 amide bonds. The number of thiazole rings is 1. The first-order valence-corrected chi connectivity index (χ1v) is 9.20. The van der Waals surface area contributed by atoms with E-state index >= 15 is 0 Å². The lowest BCUT2D eigenvalue weighted by atomic mass is 10.2. The third kappa shape index (κ3) is 5.17. The van der Waals surface area contributed by atoms with Crippen LogP contribution in [0.25, 0.3) is 0 Å². The first kappa shape index (κ1) is 19.2. The molecule has 0 fully saturated rings. The summed E-state index contributed by atoms with van der Waals surface area (Å²) in [5, 5.41) is 9.07. The molecule has 0 aliphatic rings. The van der Waals surface area contributed by atoms with Crippen molar-refractivity contribution >= 4 is 45.7 Å². The fraction of sp³-hybridized carbons (Fsp3) is 0.353. The third-order valence-corrected chi connectivity index (χ3v) is 4.89. The van der Waals surface area contributed by atoms with Crippen LogP contribution in [0.1, 0.15) is 40.7 Å². The second-order valence-corrected chi connectivity index (χ2v) is 6.96. The zero-order valence-electron chi connectivity index (χ0n) is 14.4. The molecule has 0 aliphatic heterocycles. The zero-order valence-corrected chi connectivity index (χ0v) is 16.0. The summed E-state index contributed by atoms with van der Waals surface area (Å²) in [4.78, 5) is 29.0. The second-order valence-electron chi connectivity index (χ2n) is 5.55. The fourth-order valence-electron chi connectivity index (χ4n) is 2.14. The number of benzene rings is 1. The number of urea groups is 1. The molecule has 1 heterocycles. The Labute approximate surface area is 156 Å². The van der Waals surface area contributed by atoms with Gasteiger partial charge in [0.25, 0.3) is 5.91 Å². The highest BCUT2D eigenvalue weighted by Crippen LogP contribution is 2.28. The molecule has 0 saturated heterocycles. The normalized spacial score (nSPS) is 10.4. The molecule has 8 heteroatoms. The van der Waals surface area contributed by atoms with Crippen LogP contribution in [-0.4, -0.2) is 23.5 Å². The number of unbranched alkanes of at least 4 members (excludes halogenated alkanes) is 1. The van der Waals surface area contributed by atoms with Gasteiger partial charge in [-0.15, -0.1) is 0 Å². The molecule has 134 valence electrons. The first-order valence-electron chi connectivity index (χ1n) is 8.01. The highest BCUT2D eigenvalue weighted by Gasteiger charge is 2.18. The van der Waals surface area contributed by atoms with Crippen molar-refractivity contribution in [3.8, 4) is 0 Å². The van der Waals surface area contributed by atoms with Crippen LogP contribution in [0.5, 0.6) is 0 Å². The van der Waals surface area contributed by atoms with Gasteiger partial charge in [0, 0.05) is 6.54 Å².